The van der Waals surface area contributed by atoms with Gasteiger partial charge in [-0.05, 0) is 49.6 Å². The van der Waals surface area contributed by atoms with Crippen LogP contribution in [0, 0.1) is 5.82 Å². The monoisotopic (exact) mass is 522 g/mol. The van der Waals surface area contributed by atoms with E-state index in [-0.39, 0.29) is 11.9 Å². The summed E-state index contributed by atoms with van der Waals surface area (Å²) in [7, 11) is 0. The summed E-state index contributed by atoms with van der Waals surface area (Å²) < 4.78 is 21.1. The van der Waals surface area contributed by atoms with Crippen LogP contribution < -0.4 is 10.2 Å². The van der Waals surface area contributed by atoms with E-state index in [0.29, 0.717) is 37.4 Å². The molecule has 0 spiro atoms. The summed E-state index contributed by atoms with van der Waals surface area (Å²) in [6.07, 6.45) is 3.27. The molecule has 0 unspecified atom stereocenters. The van der Waals surface area contributed by atoms with Gasteiger partial charge in [0.2, 0.25) is 5.95 Å². The number of aromatic nitrogens is 3. The molecule has 1 N–H and O–H groups in total. The molecule has 0 radical (unpaired) electrons. The molecule has 1 aliphatic heterocycles. The van der Waals surface area contributed by atoms with Crippen LogP contribution in [0.3, 0.4) is 0 Å². The van der Waals surface area contributed by atoms with E-state index in [9.17, 15) is 9.18 Å². The number of rotatable bonds is 9. The zero-order chi connectivity index (χ0) is 25.6. The SMILES string of the molecule is CCN(C(=O)OCCN1CCC(Nc2nc3ccccc3n2Cc2ccc(F)cc2)CC1)c1nccs1. The van der Waals surface area contributed by atoms with E-state index in [2.05, 4.69) is 25.8 Å². The number of hydrogen-bond acceptors (Lipinski definition) is 7. The quantitative estimate of drug-likeness (QED) is 0.325. The number of carbonyl (C=O) groups excluding carboxylic acids is 1. The van der Waals surface area contributed by atoms with Crippen molar-refractivity contribution in [1.82, 2.24) is 19.4 Å². The minimum Gasteiger partial charge on any atom is -0.448 e. The standard InChI is InChI=1S/C27H31FN6O2S/c1-2-33(26-29-13-18-37-26)27(35)36-17-16-32-14-11-22(12-15-32)30-25-31-23-5-3-4-6-24(23)34(25)19-20-7-9-21(28)10-8-20/h3-10,13,18,22H,2,11-12,14-17,19H2,1H3,(H,30,31). The normalized spacial score (nSPS) is 14.6. The number of nitrogens with one attached hydrogen (secondary N) is 1. The summed E-state index contributed by atoms with van der Waals surface area (Å²) in [5, 5.41) is 6.16. The van der Waals surface area contributed by atoms with Gasteiger partial charge in [-0.25, -0.2) is 19.2 Å². The van der Waals surface area contributed by atoms with Gasteiger partial charge in [0.25, 0.3) is 0 Å². The first-order valence-electron chi connectivity index (χ1n) is 12.6. The van der Waals surface area contributed by atoms with E-state index in [4.69, 9.17) is 9.72 Å². The maximum Gasteiger partial charge on any atom is 0.416 e. The summed E-state index contributed by atoms with van der Waals surface area (Å²) in [5.41, 5.74) is 3.01. The molecule has 194 valence electrons. The Balaban J connectivity index is 1.15. The molecule has 0 atom stereocenters. The van der Waals surface area contributed by atoms with E-state index >= 15 is 0 Å². The molecular weight excluding hydrogens is 491 g/mol. The van der Waals surface area contributed by atoms with Gasteiger partial charge in [-0.2, -0.15) is 0 Å². The highest BCUT2D eigenvalue weighted by atomic mass is 32.1. The van der Waals surface area contributed by atoms with Crippen molar-refractivity contribution in [2.45, 2.75) is 32.4 Å². The van der Waals surface area contributed by atoms with E-state index in [0.717, 1.165) is 48.5 Å². The van der Waals surface area contributed by atoms with Crippen LogP contribution >= 0.6 is 11.3 Å². The van der Waals surface area contributed by atoms with E-state index in [1.807, 2.05) is 42.6 Å². The predicted molar refractivity (Wildman–Crippen MR) is 145 cm³/mol. The predicted octanol–water partition coefficient (Wildman–Crippen LogP) is 5.22. The van der Waals surface area contributed by atoms with Crippen molar-refractivity contribution in [3.8, 4) is 0 Å². The molecule has 10 heteroatoms. The minimum absolute atomic E-state index is 0.235. The zero-order valence-electron chi connectivity index (χ0n) is 20.8. The molecule has 2 aromatic carbocycles. The summed E-state index contributed by atoms with van der Waals surface area (Å²) in [4.78, 5) is 25.4. The van der Waals surface area contributed by atoms with Crippen LogP contribution in [0.1, 0.15) is 25.3 Å². The Hall–Kier alpha value is -3.50. The fourth-order valence-corrected chi connectivity index (χ4v) is 5.33. The summed E-state index contributed by atoms with van der Waals surface area (Å²) in [5.74, 6) is 0.598. The Morgan fingerprint density at radius 1 is 1.19 bits per heavy atom. The lowest BCUT2D eigenvalue weighted by atomic mass is 10.1. The first-order valence-corrected chi connectivity index (χ1v) is 13.5. The van der Waals surface area contributed by atoms with Gasteiger partial charge < -0.3 is 14.6 Å². The van der Waals surface area contributed by atoms with Crippen molar-refractivity contribution in [2.24, 2.45) is 0 Å². The minimum atomic E-state index is -0.353. The van der Waals surface area contributed by atoms with Gasteiger partial charge in [-0.15, -0.1) is 11.3 Å². The molecule has 1 fully saturated rings. The molecule has 0 aliphatic carbocycles. The van der Waals surface area contributed by atoms with Crippen LogP contribution in [0.15, 0.2) is 60.1 Å². The Morgan fingerprint density at radius 2 is 1.97 bits per heavy atom. The molecule has 1 saturated heterocycles. The van der Waals surface area contributed by atoms with Crippen molar-refractivity contribution in [3.05, 3.63) is 71.5 Å². The Labute approximate surface area is 219 Å². The number of likely N-dealkylation sites (tertiary alicyclic amines) is 1. The fraction of sp³-hybridized carbons (Fsp3) is 0.370. The van der Waals surface area contributed by atoms with Gasteiger partial charge in [0.05, 0.1) is 17.6 Å². The van der Waals surface area contributed by atoms with Gasteiger partial charge in [-0.1, -0.05) is 24.3 Å². The number of thiazole rings is 1. The molecule has 8 nitrogen and oxygen atoms in total. The Bertz CT molecular complexity index is 1300. The number of benzene rings is 2. The van der Waals surface area contributed by atoms with Crippen molar-refractivity contribution in [2.75, 3.05) is 43.0 Å². The number of fused-ring (bicyclic) bond motifs is 1. The lowest BCUT2D eigenvalue weighted by Gasteiger charge is -2.32. The van der Waals surface area contributed by atoms with Crippen LogP contribution in [0.5, 0.6) is 0 Å². The van der Waals surface area contributed by atoms with Crippen LogP contribution in [-0.2, 0) is 11.3 Å². The average Bonchev–Trinajstić information content (AvgIpc) is 3.56. The highest BCUT2D eigenvalue weighted by molar-refractivity contribution is 7.13. The zero-order valence-corrected chi connectivity index (χ0v) is 21.7. The number of hydrogen-bond donors (Lipinski definition) is 1. The van der Waals surface area contributed by atoms with E-state index < -0.39 is 0 Å². The number of piperidine rings is 1. The number of ether oxygens (including phenoxy) is 1. The lowest BCUT2D eigenvalue weighted by Crippen LogP contribution is -2.41. The van der Waals surface area contributed by atoms with Crippen LogP contribution in [0.4, 0.5) is 20.3 Å². The molecule has 0 saturated carbocycles. The maximum atomic E-state index is 13.4. The molecule has 37 heavy (non-hydrogen) atoms. The fourth-order valence-electron chi connectivity index (χ4n) is 4.63. The van der Waals surface area contributed by atoms with Gasteiger partial charge in [0.1, 0.15) is 12.4 Å². The highest BCUT2D eigenvalue weighted by Crippen LogP contribution is 2.24. The summed E-state index contributed by atoms with van der Waals surface area (Å²) in [6.45, 7) is 5.94. The topological polar surface area (TPSA) is 75.5 Å². The molecule has 4 aromatic rings. The van der Waals surface area contributed by atoms with E-state index in [1.54, 1.807) is 11.1 Å². The second-order valence-corrected chi connectivity index (χ2v) is 9.94. The third-order valence-corrected chi connectivity index (χ3v) is 7.44. The molecule has 1 amide bonds. The largest absolute Gasteiger partial charge is 0.448 e. The number of imidazole rings is 1. The second-order valence-electron chi connectivity index (χ2n) is 9.07. The maximum absolute atomic E-state index is 13.4. The van der Waals surface area contributed by atoms with Gasteiger partial charge in [-0.3, -0.25) is 9.80 Å². The third kappa shape index (κ3) is 6.08. The molecule has 5 rings (SSSR count). The van der Waals surface area contributed by atoms with Crippen LogP contribution in [0.25, 0.3) is 11.0 Å². The second kappa shape index (κ2) is 11.7. The average molecular weight is 523 g/mol. The summed E-state index contributed by atoms with van der Waals surface area (Å²) >= 11 is 1.42. The first kappa shape index (κ1) is 25.2. The number of halogens is 1. The lowest BCUT2D eigenvalue weighted by molar-refractivity contribution is 0.124. The third-order valence-electron chi connectivity index (χ3n) is 6.65. The van der Waals surface area contributed by atoms with Crippen molar-refractivity contribution in [1.29, 1.82) is 0 Å². The number of carbonyl (C=O) groups is 1. The Kier molecular flexibility index (Phi) is 7.96. The van der Waals surface area contributed by atoms with Crippen LogP contribution in [0.2, 0.25) is 0 Å². The number of amides is 1. The molecular formula is C27H31FN6O2S. The molecule has 3 heterocycles. The molecule has 0 bridgehead atoms. The van der Waals surface area contributed by atoms with Gasteiger partial charge >= 0.3 is 6.09 Å². The molecule has 2 aromatic heterocycles. The number of para-hydroxylation sites is 2. The van der Waals surface area contributed by atoms with E-state index in [1.165, 1.54) is 23.5 Å². The van der Waals surface area contributed by atoms with Gasteiger partial charge in [0, 0.05) is 43.8 Å². The van der Waals surface area contributed by atoms with Gasteiger partial charge in [0.15, 0.2) is 5.13 Å². The number of anilines is 2. The highest BCUT2D eigenvalue weighted by Gasteiger charge is 2.23. The summed E-state index contributed by atoms with van der Waals surface area (Å²) in [6, 6.07) is 15.0. The number of nitrogens with zero attached hydrogens (tertiary/aromatic N) is 5. The molecule has 1 aliphatic rings. The van der Waals surface area contributed by atoms with Crippen molar-refractivity contribution < 1.29 is 13.9 Å². The van der Waals surface area contributed by atoms with Crippen LogP contribution in [-0.4, -0.2) is 64.4 Å². The Morgan fingerprint density at radius 3 is 2.70 bits per heavy atom. The smallest absolute Gasteiger partial charge is 0.416 e. The van der Waals surface area contributed by atoms with Crippen molar-refractivity contribution >= 4 is 39.5 Å². The van der Waals surface area contributed by atoms with Crippen molar-refractivity contribution in [3.63, 3.8) is 0 Å². The first-order chi connectivity index (χ1) is 18.1.